The largest absolute Gasteiger partial charge is 0.444 e. The van der Waals surface area contributed by atoms with Crippen molar-refractivity contribution in [2.45, 2.75) is 18.9 Å². The standard InChI is InChI=1S/C18H17F2N5O4.C6H2F3NO2/c19-15-7-13(8-16(20)17(15)23-4-5-24(11-26)21-10-23)25-9-14(29-18(25)27)2-1-12-3-6-28-22-12;7-4-1-3(10(11)12)2-5(8)6(4)9/h3,6-8,10-11,14H,1-2,4-5,9H2;1-2H/t14-;/m0./s1. The number of non-ortho nitro benzene ring substituents is 1. The second-order valence-corrected chi connectivity index (χ2v) is 8.58. The topological polar surface area (TPSA) is 135 Å². The number of halogens is 5. The first-order chi connectivity index (χ1) is 19.6. The van der Waals surface area contributed by atoms with E-state index in [9.17, 15) is 41.7 Å². The van der Waals surface area contributed by atoms with Gasteiger partial charge in [-0.05, 0) is 12.8 Å². The molecule has 0 N–H and O–H groups in total. The Morgan fingerprint density at radius 1 is 1.05 bits per heavy atom. The number of nitro benzene ring substituents is 1. The highest BCUT2D eigenvalue weighted by Gasteiger charge is 2.33. The van der Waals surface area contributed by atoms with Crippen LogP contribution >= 0.6 is 0 Å². The van der Waals surface area contributed by atoms with Crippen molar-refractivity contribution in [2.75, 3.05) is 29.4 Å². The summed E-state index contributed by atoms with van der Waals surface area (Å²) in [5.41, 5.74) is -0.303. The highest BCUT2D eigenvalue weighted by atomic mass is 19.2. The van der Waals surface area contributed by atoms with Gasteiger partial charge in [-0.2, -0.15) is 5.10 Å². The fraction of sp³-hybridized carbons (Fsp3) is 0.250. The average molecular weight is 582 g/mol. The number of benzene rings is 2. The lowest BCUT2D eigenvalue weighted by molar-refractivity contribution is -0.385. The molecule has 2 aromatic carbocycles. The summed E-state index contributed by atoms with van der Waals surface area (Å²) >= 11 is 0. The lowest BCUT2D eigenvalue weighted by Crippen LogP contribution is -2.38. The number of rotatable bonds is 7. The number of hydrogen-bond acceptors (Lipinski definition) is 9. The summed E-state index contributed by atoms with van der Waals surface area (Å²) in [4.78, 5) is 34.3. The molecule has 3 heterocycles. The molecule has 1 atom stereocenters. The molecule has 3 aromatic rings. The molecular formula is C24H19F5N6O6. The van der Waals surface area contributed by atoms with Gasteiger partial charge in [-0.25, -0.2) is 31.8 Å². The van der Waals surface area contributed by atoms with Crippen LogP contribution in [0, 0.1) is 39.2 Å². The number of hydrazone groups is 1. The first kappa shape index (κ1) is 28.9. The third kappa shape index (κ3) is 6.74. The number of carbonyl (C=O) groups is 2. The van der Waals surface area contributed by atoms with Crippen molar-refractivity contribution in [3.63, 3.8) is 0 Å². The first-order valence-electron chi connectivity index (χ1n) is 11.8. The molecule has 216 valence electrons. The number of nitro groups is 1. The van der Waals surface area contributed by atoms with Gasteiger partial charge in [-0.1, -0.05) is 5.16 Å². The Labute approximate surface area is 227 Å². The molecular weight excluding hydrogens is 563 g/mol. The van der Waals surface area contributed by atoms with E-state index in [1.54, 1.807) is 6.07 Å². The van der Waals surface area contributed by atoms with E-state index in [1.807, 2.05) is 0 Å². The fourth-order valence-electron chi connectivity index (χ4n) is 3.89. The second kappa shape index (κ2) is 12.4. The maximum atomic E-state index is 14.7. The third-order valence-electron chi connectivity index (χ3n) is 5.90. The molecule has 0 unspecified atom stereocenters. The van der Waals surface area contributed by atoms with Crippen molar-refractivity contribution in [3.05, 3.63) is 81.5 Å². The van der Waals surface area contributed by atoms with Crippen LogP contribution in [0.15, 0.2) is 46.2 Å². The van der Waals surface area contributed by atoms with Gasteiger partial charge in [0.2, 0.25) is 6.41 Å². The number of amides is 2. The molecule has 1 aromatic heterocycles. The number of aryl methyl sites for hydroxylation is 1. The van der Waals surface area contributed by atoms with Gasteiger partial charge in [0.15, 0.2) is 29.1 Å². The van der Waals surface area contributed by atoms with Gasteiger partial charge in [0.1, 0.15) is 24.4 Å². The summed E-state index contributed by atoms with van der Waals surface area (Å²) < 4.78 is 76.1. The zero-order valence-corrected chi connectivity index (χ0v) is 20.8. The van der Waals surface area contributed by atoms with Crippen LogP contribution in [0.3, 0.4) is 0 Å². The van der Waals surface area contributed by atoms with Crippen LogP contribution in [-0.2, 0) is 16.0 Å². The molecule has 0 spiro atoms. The Kier molecular flexibility index (Phi) is 8.74. The summed E-state index contributed by atoms with van der Waals surface area (Å²) in [6.45, 7) is 0.561. The lowest BCUT2D eigenvalue weighted by Gasteiger charge is -2.27. The molecule has 1 saturated heterocycles. The highest BCUT2D eigenvalue weighted by Crippen LogP contribution is 2.31. The minimum Gasteiger partial charge on any atom is -0.444 e. The van der Waals surface area contributed by atoms with E-state index in [0.29, 0.717) is 31.4 Å². The Balaban J connectivity index is 0.000000271. The number of hydrogen-bond donors (Lipinski definition) is 0. The summed E-state index contributed by atoms with van der Waals surface area (Å²) in [5, 5.41) is 18.7. The van der Waals surface area contributed by atoms with Crippen LogP contribution in [0.4, 0.5) is 43.8 Å². The Morgan fingerprint density at radius 2 is 1.73 bits per heavy atom. The molecule has 2 aliphatic heterocycles. The van der Waals surface area contributed by atoms with Crippen LogP contribution in [0.1, 0.15) is 12.1 Å². The van der Waals surface area contributed by atoms with Crippen molar-refractivity contribution >= 4 is 35.9 Å². The van der Waals surface area contributed by atoms with Gasteiger partial charge in [0.25, 0.3) is 5.69 Å². The van der Waals surface area contributed by atoms with E-state index in [4.69, 9.17) is 9.26 Å². The molecule has 0 saturated carbocycles. The molecule has 2 aliphatic rings. The summed E-state index contributed by atoms with van der Waals surface area (Å²) in [7, 11) is 0. The van der Waals surface area contributed by atoms with E-state index in [1.165, 1.54) is 22.4 Å². The number of aromatic nitrogens is 1. The average Bonchev–Trinajstić information content (AvgIpc) is 3.60. The summed E-state index contributed by atoms with van der Waals surface area (Å²) in [6.07, 6.45) is 3.14. The summed E-state index contributed by atoms with van der Waals surface area (Å²) in [5.74, 6) is -6.53. The van der Waals surface area contributed by atoms with Crippen molar-refractivity contribution in [2.24, 2.45) is 5.10 Å². The van der Waals surface area contributed by atoms with Crippen molar-refractivity contribution < 1.29 is 45.7 Å². The van der Waals surface area contributed by atoms with E-state index in [2.05, 4.69) is 10.3 Å². The maximum absolute atomic E-state index is 14.7. The molecule has 0 aliphatic carbocycles. The van der Waals surface area contributed by atoms with Gasteiger partial charge >= 0.3 is 6.09 Å². The SMILES string of the molecule is O=CN1CCN(c2c(F)cc(N3C[C@H](CCc4ccon4)OC3=O)cc2F)C=N1.O=[N+]([O-])c1cc(F)c(F)c(F)c1. The quantitative estimate of drug-likeness (QED) is 0.133. The number of ether oxygens (including phenoxy) is 1. The minimum absolute atomic E-state index is 0.0705. The van der Waals surface area contributed by atoms with E-state index >= 15 is 0 Å². The number of cyclic esters (lactones) is 1. The zero-order chi connectivity index (χ0) is 29.7. The predicted molar refractivity (Wildman–Crippen MR) is 130 cm³/mol. The Bertz CT molecular complexity index is 1430. The minimum atomic E-state index is -1.71. The van der Waals surface area contributed by atoms with Crippen molar-refractivity contribution in [3.8, 4) is 0 Å². The number of nitrogens with zero attached hydrogens (tertiary/aromatic N) is 6. The maximum Gasteiger partial charge on any atom is 0.414 e. The van der Waals surface area contributed by atoms with Crippen LogP contribution in [0.2, 0.25) is 0 Å². The number of carbonyl (C=O) groups excluding carboxylic acids is 2. The molecule has 1 fully saturated rings. The normalized spacial score (nSPS) is 16.4. The van der Waals surface area contributed by atoms with Crippen molar-refractivity contribution in [1.29, 1.82) is 0 Å². The lowest BCUT2D eigenvalue weighted by atomic mass is 10.1. The predicted octanol–water partition coefficient (Wildman–Crippen LogP) is 4.14. The first-order valence-corrected chi connectivity index (χ1v) is 11.8. The van der Waals surface area contributed by atoms with Gasteiger partial charge in [0.05, 0.1) is 41.5 Å². The molecule has 17 heteroatoms. The molecule has 2 amide bonds. The number of anilines is 2. The van der Waals surface area contributed by atoms with Gasteiger partial charge in [-0.15, -0.1) is 0 Å². The van der Waals surface area contributed by atoms with E-state index in [0.717, 1.165) is 22.8 Å². The van der Waals surface area contributed by atoms with Crippen LogP contribution < -0.4 is 9.80 Å². The zero-order valence-electron chi connectivity index (χ0n) is 20.8. The van der Waals surface area contributed by atoms with Gasteiger partial charge in [-0.3, -0.25) is 19.8 Å². The van der Waals surface area contributed by atoms with E-state index < -0.39 is 51.9 Å². The van der Waals surface area contributed by atoms with Crippen LogP contribution in [0.25, 0.3) is 0 Å². The molecule has 5 rings (SSSR count). The smallest absolute Gasteiger partial charge is 0.414 e. The van der Waals surface area contributed by atoms with Gasteiger partial charge < -0.3 is 14.2 Å². The fourth-order valence-corrected chi connectivity index (χ4v) is 3.89. The molecule has 12 nitrogen and oxygen atoms in total. The van der Waals surface area contributed by atoms with E-state index in [-0.39, 0.29) is 31.0 Å². The Morgan fingerprint density at radius 3 is 2.27 bits per heavy atom. The molecule has 0 bridgehead atoms. The molecule has 41 heavy (non-hydrogen) atoms. The summed E-state index contributed by atoms with van der Waals surface area (Å²) in [6, 6.07) is 4.52. The monoisotopic (exact) mass is 582 g/mol. The van der Waals surface area contributed by atoms with Crippen LogP contribution in [-0.4, -0.2) is 59.7 Å². The third-order valence-corrected chi connectivity index (χ3v) is 5.90. The van der Waals surface area contributed by atoms with Crippen molar-refractivity contribution in [1.82, 2.24) is 10.2 Å². The Hall–Kier alpha value is -5.09. The van der Waals surface area contributed by atoms with Crippen LogP contribution in [0.5, 0.6) is 0 Å². The second-order valence-electron chi connectivity index (χ2n) is 8.58. The highest BCUT2D eigenvalue weighted by molar-refractivity contribution is 5.90. The molecule has 0 radical (unpaired) electrons. The van der Waals surface area contributed by atoms with Gasteiger partial charge in [0, 0.05) is 24.7 Å².